The maximum atomic E-state index is 12.1. The van der Waals surface area contributed by atoms with Gasteiger partial charge < -0.3 is 15.4 Å². The standard InChI is InChI=1S/C15H22N2O2S/c1-3-19-14-8-11(2)4-5-13(14)17-15(18)9-12-10-20-7-6-16-12/h4-5,8,12,16H,3,6-7,9-10H2,1-2H3,(H,17,18). The fraction of sp³-hybridized carbons (Fsp3) is 0.533. The summed E-state index contributed by atoms with van der Waals surface area (Å²) in [6.45, 7) is 5.53. The monoisotopic (exact) mass is 294 g/mol. The van der Waals surface area contributed by atoms with Gasteiger partial charge in [0.1, 0.15) is 5.75 Å². The van der Waals surface area contributed by atoms with Crippen molar-refractivity contribution in [2.75, 3.05) is 30.0 Å². The normalized spacial score (nSPS) is 18.6. The van der Waals surface area contributed by atoms with E-state index in [9.17, 15) is 4.79 Å². The third-order valence-corrected chi connectivity index (χ3v) is 4.27. The predicted molar refractivity (Wildman–Crippen MR) is 84.7 cm³/mol. The number of carbonyl (C=O) groups is 1. The molecule has 1 heterocycles. The Morgan fingerprint density at radius 1 is 1.55 bits per heavy atom. The van der Waals surface area contributed by atoms with Gasteiger partial charge in [0.2, 0.25) is 5.91 Å². The summed E-state index contributed by atoms with van der Waals surface area (Å²) in [7, 11) is 0. The van der Waals surface area contributed by atoms with E-state index >= 15 is 0 Å². The van der Waals surface area contributed by atoms with Gasteiger partial charge in [-0.2, -0.15) is 11.8 Å². The number of aryl methyl sites for hydroxylation is 1. The van der Waals surface area contributed by atoms with Gasteiger partial charge in [-0.25, -0.2) is 0 Å². The highest BCUT2D eigenvalue weighted by molar-refractivity contribution is 7.99. The van der Waals surface area contributed by atoms with Crippen LogP contribution in [0, 0.1) is 6.92 Å². The summed E-state index contributed by atoms with van der Waals surface area (Å²) < 4.78 is 5.57. The molecule has 0 aliphatic carbocycles. The predicted octanol–water partition coefficient (Wildman–Crippen LogP) is 2.43. The molecule has 0 saturated carbocycles. The van der Waals surface area contributed by atoms with Gasteiger partial charge in [-0.05, 0) is 31.5 Å². The van der Waals surface area contributed by atoms with E-state index in [-0.39, 0.29) is 11.9 Å². The molecule has 2 rings (SSSR count). The highest BCUT2D eigenvalue weighted by Crippen LogP contribution is 2.26. The Morgan fingerprint density at radius 2 is 2.40 bits per heavy atom. The van der Waals surface area contributed by atoms with Gasteiger partial charge in [-0.3, -0.25) is 4.79 Å². The zero-order chi connectivity index (χ0) is 14.4. The molecule has 1 aromatic rings. The van der Waals surface area contributed by atoms with Crippen LogP contribution in [0.1, 0.15) is 18.9 Å². The number of benzene rings is 1. The zero-order valence-electron chi connectivity index (χ0n) is 12.1. The minimum Gasteiger partial charge on any atom is -0.492 e. The molecule has 1 saturated heterocycles. The average molecular weight is 294 g/mol. The van der Waals surface area contributed by atoms with E-state index in [1.165, 1.54) is 0 Å². The van der Waals surface area contributed by atoms with Gasteiger partial charge in [-0.1, -0.05) is 6.07 Å². The first kappa shape index (κ1) is 15.2. The third-order valence-electron chi connectivity index (χ3n) is 3.14. The zero-order valence-corrected chi connectivity index (χ0v) is 12.9. The van der Waals surface area contributed by atoms with Gasteiger partial charge in [0, 0.05) is 30.5 Å². The Morgan fingerprint density at radius 3 is 3.10 bits per heavy atom. The van der Waals surface area contributed by atoms with Crippen LogP contribution in [0.25, 0.3) is 0 Å². The molecule has 1 aliphatic heterocycles. The summed E-state index contributed by atoms with van der Waals surface area (Å²) in [4.78, 5) is 12.1. The Hall–Kier alpha value is -1.20. The first-order valence-corrected chi connectivity index (χ1v) is 8.19. The number of ether oxygens (including phenoxy) is 1. The molecule has 110 valence electrons. The largest absolute Gasteiger partial charge is 0.492 e. The molecule has 1 fully saturated rings. The van der Waals surface area contributed by atoms with Crippen LogP contribution in [0.3, 0.4) is 0 Å². The fourth-order valence-electron chi connectivity index (χ4n) is 2.18. The van der Waals surface area contributed by atoms with Crippen LogP contribution in [0.15, 0.2) is 18.2 Å². The van der Waals surface area contributed by atoms with Crippen LogP contribution in [-0.4, -0.2) is 36.6 Å². The summed E-state index contributed by atoms with van der Waals surface area (Å²) in [6.07, 6.45) is 0.506. The summed E-state index contributed by atoms with van der Waals surface area (Å²) in [5.74, 6) is 2.91. The summed E-state index contributed by atoms with van der Waals surface area (Å²) in [5, 5.41) is 6.33. The van der Waals surface area contributed by atoms with E-state index in [1.54, 1.807) is 0 Å². The molecule has 0 spiro atoms. The van der Waals surface area contributed by atoms with E-state index in [4.69, 9.17) is 4.74 Å². The number of hydrogen-bond donors (Lipinski definition) is 2. The van der Waals surface area contributed by atoms with Crippen LogP contribution >= 0.6 is 11.8 Å². The van der Waals surface area contributed by atoms with Crippen molar-refractivity contribution in [1.29, 1.82) is 0 Å². The molecule has 1 aromatic carbocycles. The second-order valence-electron chi connectivity index (χ2n) is 4.91. The third kappa shape index (κ3) is 4.42. The van der Waals surface area contributed by atoms with E-state index < -0.39 is 0 Å². The Bertz CT molecular complexity index is 459. The lowest BCUT2D eigenvalue weighted by Gasteiger charge is -2.22. The van der Waals surface area contributed by atoms with Crippen molar-refractivity contribution in [1.82, 2.24) is 5.32 Å². The lowest BCUT2D eigenvalue weighted by molar-refractivity contribution is -0.116. The van der Waals surface area contributed by atoms with Crippen LogP contribution < -0.4 is 15.4 Å². The van der Waals surface area contributed by atoms with Gasteiger partial charge in [-0.15, -0.1) is 0 Å². The molecular weight excluding hydrogens is 272 g/mol. The molecular formula is C15H22N2O2S. The van der Waals surface area contributed by atoms with Gasteiger partial charge in [0.15, 0.2) is 0 Å². The van der Waals surface area contributed by atoms with Gasteiger partial charge >= 0.3 is 0 Å². The summed E-state index contributed by atoms with van der Waals surface area (Å²) in [6, 6.07) is 6.11. The van der Waals surface area contributed by atoms with Crippen molar-refractivity contribution in [3.63, 3.8) is 0 Å². The lowest BCUT2D eigenvalue weighted by Crippen LogP contribution is -2.39. The molecule has 0 aromatic heterocycles. The molecule has 2 N–H and O–H groups in total. The molecule has 1 atom stereocenters. The molecule has 1 unspecified atom stereocenters. The van der Waals surface area contributed by atoms with E-state index in [1.807, 2.05) is 43.8 Å². The van der Waals surface area contributed by atoms with Crippen LogP contribution in [0.5, 0.6) is 5.75 Å². The highest BCUT2D eigenvalue weighted by Gasteiger charge is 2.17. The van der Waals surface area contributed by atoms with E-state index in [0.717, 1.165) is 35.1 Å². The number of carbonyl (C=O) groups excluding carboxylic acids is 1. The van der Waals surface area contributed by atoms with Crippen molar-refractivity contribution >= 4 is 23.4 Å². The van der Waals surface area contributed by atoms with Crippen molar-refractivity contribution in [2.45, 2.75) is 26.3 Å². The maximum Gasteiger partial charge on any atom is 0.226 e. The van der Waals surface area contributed by atoms with E-state index in [2.05, 4.69) is 10.6 Å². The average Bonchev–Trinajstić information content (AvgIpc) is 2.43. The quantitative estimate of drug-likeness (QED) is 0.876. The molecule has 20 heavy (non-hydrogen) atoms. The Balaban J connectivity index is 1.96. The number of amides is 1. The molecule has 1 amide bonds. The van der Waals surface area contributed by atoms with Crippen LogP contribution in [-0.2, 0) is 4.79 Å². The minimum absolute atomic E-state index is 0.0369. The second-order valence-corrected chi connectivity index (χ2v) is 6.06. The first-order valence-electron chi connectivity index (χ1n) is 7.03. The Labute approximate surface area is 124 Å². The SMILES string of the molecule is CCOc1cc(C)ccc1NC(=O)CC1CSCCN1. The smallest absolute Gasteiger partial charge is 0.226 e. The van der Waals surface area contributed by atoms with Gasteiger partial charge in [0.05, 0.1) is 12.3 Å². The molecule has 0 bridgehead atoms. The second kappa shape index (κ2) is 7.55. The molecule has 4 nitrogen and oxygen atoms in total. The highest BCUT2D eigenvalue weighted by atomic mass is 32.2. The molecule has 1 aliphatic rings. The van der Waals surface area contributed by atoms with Crippen molar-refractivity contribution in [3.8, 4) is 5.75 Å². The van der Waals surface area contributed by atoms with E-state index in [0.29, 0.717) is 13.0 Å². The maximum absolute atomic E-state index is 12.1. The molecule has 0 radical (unpaired) electrons. The summed E-state index contributed by atoms with van der Waals surface area (Å²) >= 11 is 1.90. The number of rotatable bonds is 5. The van der Waals surface area contributed by atoms with Gasteiger partial charge in [0.25, 0.3) is 0 Å². The summed E-state index contributed by atoms with van der Waals surface area (Å²) in [5.41, 5.74) is 1.88. The van der Waals surface area contributed by atoms with Crippen molar-refractivity contribution < 1.29 is 9.53 Å². The van der Waals surface area contributed by atoms with Crippen LogP contribution in [0.4, 0.5) is 5.69 Å². The lowest BCUT2D eigenvalue weighted by atomic mass is 10.2. The fourth-order valence-corrected chi connectivity index (χ4v) is 3.13. The minimum atomic E-state index is 0.0369. The number of anilines is 1. The van der Waals surface area contributed by atoms with Crippen molar-refractivity contribution in [2.24, 2.45) is 0 Å². The number of hydrogen-bond acceptors (Lipinski definition) is 4. The van der Waals surface area contributed by atoms with Crippen LogP contribution in [0.2, 0.25) is 0 Å². The number of thioether (sulfide) groups is 1. The molecule has 5 heteroatoms. The number of nitrogens with one attached hydrogen (secondary N) is 2. The first-order chi connectivity index (χ1) is 9.69. The Kier molecular flexibility index (Phi) is 5.73. The van der Waals surface area contributed by atoms with Crippen molar-refractivity contribution in [3.05, 3.63) is 23.8 Å². The topological polar surface area (TPSA) is 50.4 Å².